The molecule has 2 heterocycles. The first-order chi connectivity index (χ1) is 13.4. The minimum atomic E-state index is -0.137. The Bertz CT molecular complexity index is 904. The number of hydrogen-bond donors (Lipinski definition) is 1. The molecule has 0 bridgehead atoms. The monoisotopic (exact) mass is 384 g/mol. The number of likely N-dealkylation sites (N-methyl/N-ethyl adjacent to an activating group) is 1. The highest BCUT2D eigenvalue weighted by molar-refractivity contribution is 5.96. The Morgan fingerprint density at radius 2 is 2.00 bits per heavy atom. The summed E-state index contributed by atoms with van der Waals surface area (Å²) in [4.78, 5) is 13.1. The minimum absolute atomic E-state index is 0.0602. The van der Waals surface area contributed by atoms with Crippen LogP contribution in [0.25, 0.3) is 0 Å². The van der Waals surface area contributed by atoms with E-state index in [1.807, 2.05) is 6.07 Å². The lowest BCUT2D eigenvalue weighted by atomic mass is 9.83. The number of quaternary nitrogens is 1. The molecule has 0 aliphatic carbocycles. The molecule has 1 atom stereocenters. The first-order valence-electron chi connectivity index (χ1n) is 9.49. The predicted octanol–water partition coefficient (Wildman–Crippen LogP) is 2.86. The lowest BCUT2D eigenvalue weighted by molar-refractivity contribution is -0.922. The van der Waals surface area contributed by atoms with Crippen LogP contribution >= 0.6 is 0 Å². The highest BCUT2D eigenvalue weighted by Gasteiger charge is 2.41. The molecular formula is C22H26NO5+. The van der Waals surface area contributed by atoms with Gasteiger partial charge in [-0.2, -0.15) is 0 Å². The number of nitrogens with zero attached hydrogens (tertiary/aromatic N) is 1. The molecule has 0 saturated carbocycles. The van der Waals surface area contributed by atoms with Gasteiger partial charge in [0.05, 0.1) is 40.8 Å². The number of ether oxygens (including phenoxy) is 3. The van der Waals surface area contributed by atoms with Crippen LogP contribution in [0.4, 0.5) is 0 Å². The topological polar surface area (TPSA) is 65.0 Å². The lowest BCUT2D eigenvalue weighted by Gasteiger charge is -2.43. The number of rotatable bonds is 5. The summed E-state index contributed by atoms with van der Waals surface area (Å²) in [5.74, 6) is 2.11. The number of hydrogen-bond acceptors (Lipinski definition) is 5. The van der Waals surface area contributed by atoms with Gasteiger partial charge in [0.15, 0.2) is 17.3 Å². The second-order valence-electron chi connectivity index (χ2n) is 7.94. The molecule has 0 amide bonds. The van der Waals surface area contributed by atoms with Crippen LogP contribution in [0.2, 0.25) is 0 Å². The number of ketones is 1. The van der Waals surface area contributed by atoms with Gasteiger partial charge in [0.2, 0.25) is 6.79 Å². The molecule has 6 heteroatoms. The molecule has 6 nitrogen and oxygen atoms in total. The largest absolute Gasteiger partial charge is 0.497 e. The summed E-state index contributed by atoms with van der Waals surface area (Å²) in [6, 6.07) is 9.17. The number of aliphatic hydroxyl groups excluding tert-OH is 1. The van der Waals surface area contributed by atoms with Crippen molar-refractivity contribution in [3.63, 3.8) is 0 Å². The van der Waals surface area contributed by atoms with E-state index in [2.05, 4.69) is 14.1 Å². The zero-order valence-corrected chi connectivity index (χ0v) is 16.5. The summed E-state index contributed by atoms with van der Waals surface area (Å²) < 4.78 is 17.0. The van der Waals surface area contributed by atoms with Crippen LogP contribution in [-0.2, 0) is 13.0 Å². The van der Waals surface area contributed by atoms with Crippen molar-refractivity contribution in [3.05, 3.63) is 52.6 Å². The Kier molecular flexibility index (Phi) is 4.77. The molecule has 2 aromatic carbocycles. The highest BCUT2D eigenvalue weighted by atomic mass is 16.7. The maximum absolute atomic E-state index is 13.1. The van der Waals surface area contributed by atoms with Gasteiger partial charge in [-0.25, -0.2) is 0 Å². The Morgan fingerprint density at radius 1 is 1.25 bits per heavy atom. The van der Waals surface area contributed by atoms with Crippen LogP contribution < -0.4 is 14.2 Å². The van der Waals surface area contributed by atoms with Crippen LogP contribution in [0, 0.1) is 0 Å². The number of Topliss-reactive ketones (excluding diaryl/α,β-unsaturated/α-hetero) is 1. The van der Waals surface area contributed by atoms with E-state index in [0.717, 1.165) is 35.4 Å². The van der Waals surface area contributed by atoms with Crippen LogP contribution in [0.5, 0.6) is 17.2 Å². The third-order valence-corrected chi connectivity index (χ3v) is 5.98. The second kappa shape index (κ2) is 7.11. The molecule has 4 rings (SSSR count). The molecule has 2 aliphatic rings. The van der Waals surface area contributed by atoms with Crippen molar-refractivity contribution < 1.29 is 28.6 Å². The van der Waals surface area contributed by atoms with Crippen molar-refractivity contribution >= 4 is 5.78 Å². The molecular weight excluding hydrogens is 358 g/mol. The smallest absolute Gasteiger partial charge is 0.231 e. The maximum Gasteiger partial charge on any atom is 0.231 e. The van der Waals surface area contributed by atoms with Gasteiger partial charge in [0, 0.05) is 23.1 Å². The number of carbonyl (C=O) groups is 1. The van der Waals surface area contributed by atoms with Gasteiger partial charge in [-0.1, -0.05) is 0 Å². The number of carbonyl (C=O) groups excluding carboxylic acids is 1. The summed E-state index contributed by atoms with van der Waals surface area (Å²) in [7, 11) is 5.89. The van der Waals surface area contributed by atoms with Gasteiger partial charge < -0.3 is 23.8 Å². The van der Waals surface area contributed by atoms with E-state index in [0.29, 0.717) is 28.0 Å². The zero-order chi connectivity index (χ0) is 19.9. The van der Waals surface area contributed by atoms with E-state index in [9.17, 15) is 9.90 Å². The molecule has 148 valence electrons. The van der Waals surface area contributed by atoms with Gasteiger partial charge in [-0.05, 0) is 35.9 Å². The molecule has 2 aliphatic heterocycles. The Balaban J connectivity index is 1.73. The fourth-order valence-electron chi connectivity index (χ4n) is 4.30. The molecule has 28 heavy (non-hydrogen) atoms. The molecule has 2 aromatic rings. The number of methoxy groups -OCH3 is 1. The molecule has 0 fully saturated rings. The van der Waals surface area contributed by atoms with E-state index in [4.69, 9.17) is 14.2 Å². The molecule has 0 saturated heterocycles. The van der Waals surface area contributed by atoms with Crippen molar-refractivity contribution in [2.45, 2.75) is 25.5 Å². The first-order valence-corrected chi connectivity index (χ1v) is 9.49. The fourth-order valence-corrected chi connectivity index (χ4v) is 4.30. The summed E-state index contributed by atoms with van der Waals surface area (Å²) >= 11 is 0. The van der Waals surface area contributed by atoms with Crippen molar-refractivity contribution in [2.75, 3.05) is 34.5 Å². The van der Waals surface area contributed by atoms with Crippen LogP contribution in [-0.4, -0.2) is 49.9 Å². The summed E-state index contributed by atoms with van der Waals surface area (Å²) in [6.07, 6.45) is 1.23. The number of fused-ring (bicyclic) bond motifs is 2. The average molecular weight is 384 g/mol. The minimum Gasteiger partial charge on any atom is -0.497 e. The third-order valence-electron chi connectivity index (χ3n) is 5.98. The fraction of sp³-hybridized carbons (Fsp3) is 0.409. The number of aliphatic hydroxyl groups is 1. The van der Waals surface area contributed by atoms with Crippen molar-refractivity contribution in [3.8, 4) is 17.2 Å². The van der Waals surface area contributed by atoms with E-state index in [1.54, 1.807) is 31.4 Å². The molecule has 0 aromatic heterocycles. The zero-order valence-electron chi connectivity index (χ0n) is 16.5. The SMILES string of the molecule is COc1ccc(C(=O)CC2c3c(cc4c(c3CO)OCO4)CC[N+]2(C)C)cc1. The van der Waals surface area contributed by atoms with E-state index < -0.39 is 0 Å². The average Bonchev–Trinajstić information content (AvgIpc) is 3.16. The Morgan fingerprint density at radius 3 is 2.68 bits per heavy atom. The first kappa shape index (κ1) is 18.8. The summed E-state index contributed by atoms with van der Waals surface area (Å²) in [6.45, 7) is 0.944. The molecule has 1 N–H and O–H groups in total. The van der Waals surface area contributed by atoms with Crippen LogP contribution in [0.15, 0.2) is 30.3 Å². The van der Waals surface area contributed by atoms with Crippen molar-refractivity contribution in [1.29, 1.82) is 0 Å². The highest BCUT2D eigenvalue weighted by Crippen LogP contribution is 2.47. The van der Waals surface area contributed by atoms with Gasteiger partial charge in [-0.3, -0.25) is 4.79 Å². The summed E-state index contributed by atoms with van der Waals surface area (Å²) in [5.41, 5.74) is 3.59. The van der Waals surface area contributed by atoms with Crippen molar-refractivity contribution in [1.82, 2.24) is 0 Å². The van der Waals surface area contributed by atoms with Gasteiger partial charge in [-0.15, -0.1) is 0 Å². The van der Waals surface area contributed by atoms with Crippen LogP contribution in [0.3, 0.4) is 0 Å². The quantitative estimate of drug-likeness (QED) is 0.634. The van der Waals surface area contributed by atoms with Gasteiger partial charge in [0.1, 0.15) is 11.8 Å². The van der Waals surface area contributed by atoms with Crippen LogP contribution in [0.1, 0.15) is 39.5 Å². The number of benzene rings is 2. The van der Waals surface area contributed by atoms with Gasteiger partial charge in [0.25, 0.3) is 0 Å². The van der Waals surface area contributed by atoms with Crippen molar-refractivity contribution in [2.24, 2.45) is 0 Å². The predicted molar refractivity (Wildman–Crippen MR) is 104 cm³/mol. The third kappa shape index (κ3) is 3.12. The molecule has 0 radical (unpaired) electrons. The standard InChI is InChI=1S/C22H26NO5/c1-23(2)9-8-15-10-20-22(28-13-27-20)17(12-24)21(15)18(23)11-19(25)14-4-6-16(26-3)7-5-14/h4-7,10,18,24H,8-9,11-13H2,1-3H3/q+1. The van der Waals surface area contributed by atoms with E-state index in [1.165, 1.54) is 0 Å². The summed E-state index contributed by atoms with van der Waals surface area (Å²) in [5, 5.41) is 10.1. The normalized spacial score (nSPS) is 19.2. The Hall–Kier alpha value is -2.57. The second-order valence-corrected chi connectivity index (χ2v) is 7.94. The van der Waals surface area contributed by atoms with E-state index in [-0.39, 0.29) is 25.2 Å². The molecule has 0 spiro atoms. The maximum atomic E-state index is 13.1. The lowest BCUT2D eigenvalue weighted by Crippen LogP contribution is -2.49. The van der Waals surface area contributed by atoms with Gasteiger partial charge >= 0.3 is 0 Å². The molecule has 1 unspecified atom stereocenters. The Labute approximate surface area is 164 Å². The van der Waals surface area contributed by atoms with E-state index >= 15 is 0 Å².